The zero-order chi connectivity index (χ0) is 20.3. The number of sulfonamides is 1. The minimum atomic E-state index is -3.46. The number of rotatable bonds is 6. The van der Waals surface area contributed by atoms with Crippen molar-refractivity contribution in [2.24, 2.45) is 0 Å². The van der Waals surface area contributed by atoms with Crippen LogP contribution in [0.25, 0.3) is 0 Å². The molecule has 3 heterocycles. The molecule has 1 aliphatic heterocycles. The summed E-state index contributed by atoms with van der Waals surface area (Å²) in [6, 6.07) is 17.2. The maximum atomic E-state index is 12.7. The molecule has 0 spiro atoms. The van der Waals surface area contributed by atoms with E-state index in [1.807, 2.05) is 30.3 Å². The molecule has 0 saturated carbocycles. The summed E-state index contributed by atoms with van der Waals surface area (Å²) < 4.78 is 26.9. The number of hydrogen-bond acceptors (Lipinski definition) is 5. The van der Waals surface area contributed by atoms with Crippen molar-refractivity contribution < 1.29 is 8.42 Å². The molecule has 3 aromatic rings. The molecule has 0 bridgehead atoms. The SMILES string of the molecule is Cc1cccc(C(Nc2ccc(S(=O)(=O)N3CCCC3)cn2)c2ccccn2)c1. The number of nitrogens with zero attached hydrogens (tertiary/aromatic N) is 3. The van der Waals surface area contributed by atoms with Crippen LogP contribution in [0.4, 0.5) is 5.82 Å². The maximum Gasteiger partial charge on any atom is 0.244 e. The molecule has 1 atom stereocenters. The first-order chi connectivity index (χ1) is 14.0. The summed E-state index contributed by atoms with van der Waals surface area (Å²) in [5.41, 5.74) is 3.10. The fourth-order valence-corrected chi connectivity index (χ4v) is 5.03. The molecule has 150 valence electrons. The lowest BCUT2D eigenvalue weighted by atomic mass is 10.0. The molecule has 6 nitrogen and oxygen atoms in total. The Kier molecular flexibility index (Phi) is 5.60. The summed E-state index contributed by atoms with van der Waals surface area (Å²) in [4.78, 5) is 9.11. The van der Waals surface area contributed by atoms with Crippen LogP contribution < -0.4 is 5.32 Å². The quantitative estimate of drug-likeness (QED) is 0.672. The van der Waals surface area contributed by atoms with Crippen LogP contribution in [0.3, 0.4) is 0 Å². The minimum Gasteiger partial charge on any atom is -0.358 e. The van der Waals surface area contributed by atoms with Crippen LogP contribution >= 0.6 is 0 Å². The molecule has 1 saturated heterocycles. The predicted molar refractivity (Wildman–Crippen MR) is 113 cm³/mol. The summed E-state index contributed by atoms with van der Waals surface area (Å²) in [6.45, 7) is 3.21. The van der Waals surface area contributed by atoms with Gasteiger partial charge in [0.1, 0.15) is 10.7 Å². The summed E-state index contributed by atoms with van der Waals surface area (Å²) >= 11 is 0. The Balaban J connectivity index is 1.61. The summed E-state index contributed by atoms with van der Waals surface area (Å²) in [5, 5.41) is 3.40. The average molecular weight is 409 g/mol. The van der Waals surface area contributed by atoms with Crippen LogP contribution in [0.15, 0.2) is 71.9 Å². The van der Waals surface area contributed by atoms with E-state index in [0.29, 0.717) is 18.9 Å². The topological polar surface area (TPSA) is 75.2 Å². The van der Waals surface area contributed by atoms with Crippen molar-refractivity contribution in [3.63, 3.8) is 0 Å². The van der Waals surface area contributed by atoms with E-state index in [9.17, 15) is 8.42 Å². The first kappa shape index (κ1) is 19.5. The Morgan fingerprint density at radius 3 is 2.48 bits per heavy atom. The Hall–Kier alpha value is -2.77. The van der Waals surface area contributed by atoms with E-state index in [0.717, 1.165) is 29.7 Å². The second-order valence-corrected chi connectivity index (χ2v) is 9.17. The van der Waals surface area contributed by atoms with Gasteiger partial charge in [0.2, 0.25) is 10.0 Å². The lowest BCUT2D eigenvalue weighted by molar-refractivity contribution is 0.477. The summed E-state index contributed by atoms with van der Waals surface area (Å²) in [5.74, 6) is 0.600. The molecule has 1 aliphatic rings. The Morgan fingerprint density at radius 1 is 1.00 bits per heavy atom. The molecule has 0 aliphatic carbocycles. The number of hydrogen-bond donors (Lipinski definition) is 1. The molecule has 29 heavy (non-hydrogen) atoms. The molecule has 1 fully saturated rings. The molecule has 0 amide bonds. The van der Waals surface area contributed by atoms with E-state index in [2.05, 4.69) is 34.3 Å². The summed E-state index contributed by atoms with van der Waals surface area (Å²) in [7, 11) is -3.46. The molecule has 4 rings (SSSR count). The van der Waals surface area contributed by atoms with Crippen molar-refractivity contribution in [1.29, 1.82) is 0 Å². The van der Waals surface area contributed by atoms with E-state index in [1.54, 1.807) is 18.3 Å². The number of aromatic nitrogens is 2. The fourth-order valence-electron chi connectivity index (χ4n) is 3.57. The third-order valence-corrected chi connectivity index (χ3v) is 6.97. The Morgan fingerprint density at radius 2 is 1.83 bits per heavy atom. The number of anilines is 1. The molecular weight excluding hydrogens is 384 g/mol. The predicted octanol–water partition coefficient (Wildman–Crippen LogP) is 3.77. The molecule has 0 radical (unpaired) electrons. The van der Waals surface area contributed by atoms with Gasteiger partial charge < -0.3 is 5.32 Å². The van der Waals surface area contributed by atoms with Crippen LogP contribution in [-0.2, 0) is 10.0 Å². The number of nitrogens with one attached hydrogen (secondary N) is 1. The Bertz CT molecular complexity index is 1060. The number of benzene rings is 1. The van der Waals surface area contributed by atoms with Gasteiger partial charge in [-0.1, -0.05) is 35.9 Å². The van der Waals surface area contributed by atoms with Crippen molar-refractivity contribution in [2.75, 3.05) is 18.4 Å². The van der Waals surface area contributed by atoms with Gasteiger partial charge in [0, 0.05) is 25.5 Å². The molecular formula is C22H24N4O2S. The van der Waals surface area contributed by atoms with Gasteiger partial charge >= 0.3 is 0 Å². The second-order valence-electron chi connectivity index (χ2n) is 7.24. The third-order valence-electron chi connectivity index (χ3n) is 5.09. The normalized spacial score (nSPS) is 15.9. The zero-order valence-electron chi connectivity index (χ0n) is 16.3. The van der Waals surface area contributed by atoms with Crippen LogP contribution in [0.5, 0.6) is 0 Å². The molecule has 7 heteroatoms. The standard InChI is InChI=1S/C22H24N4O2S/c1-17-7-6-8-18(15-17)22(20-9-2-3-12-23-20)25-21-11-10-19(16-24-21)29(27,28)26-13-4-5-14-26/h2-3,6-12,15-16,22H,4-5,13-14H2,1H3,(H,24,25). The van der Waals surface area contributed by atoms with Gasteiger partial charge in [0.05, 0.1) is 11.7 Å². The van der Waals surface area contributed by atoms with Gasteiger partial charge in [-0.3, -0.25) is 4.98 Å². The van der Waals surface area contributed by atoms with Gasteiger partial charge in [0.15, 0.2) is 0 Å². The molecule has 1 N–H and O–H groups in total. The Labute approximate surface area is 171 Å². The molecule has 1 aromatic carbocycles. The van der Waals surface area contributed by atoms with Crippen molar-refractivity contribution in [2.45, 2.75) is 30.7 Å². The second kappa shape index (κ2) is 8.31. The molecule has 1 unspecified atom stereocenters. The first-order valence-electron chi connectivity index (χ1n) is 9.74. The van der Waals surface area contributed by atoms with E-state index in [4.69, 9.17) is 0 Å². The minimum absolute atomic E-state index is 0.190. The highest BCUT2D eigenvalue weighted by molar-refractivity contribution is 7.89. The highest BCUT2D eigenvalue weighted by Crippen LogP contribution is 2.26. The number of aryl methyl sites for hydroxylation is 1. The van der Waals surface area contributed by atoms with E-state index < -0.39 is 10.0 Å². The van der Waals surface area contributed by atoms with Gasteiger partial charge in [-0.2, -0.15) is 4.31 Å². The largest absolute Gasteiger partial charge is 0.358 e. The van der Waals surface area contributed by atoms with Crippen molar-refractivity contribution >= 4 is 15.8 Å². The van der Waals surface area contributed by atoms with E-state index in [1.165, 1.54) is 10.5 Å². The van der Waals surface area contributed by atoms with Crippen LogP contribution in [-0.4, -0.2) is 35.8 Å². The van der Waals surface area contributed by atoms with Crippen molar-refractivity contribution in [3.8, 4) is 0 Å². The smallest absolute Gasteiger partial charge is 0.244 e. The number of pyridine rings is 2. The summed E-state index contributed by atoms with van der Waals surface area (Å²) in [6.07, 6.45) is 5.02. The van der Waals surface area contributed by atoms with E-state index in [-0.39, 0.29) is 10.9 Å². The van der Waals surface area contributed by atoms with Gasteiger partial charge in [-0.15, -0.1) is 0 Å². The van der Waals surface area contributed by atoms with Crippen LogP contribution in [0, 0.1) is 6.92 Å². The van der Waals surface area contributed by atoms with E-state index >= 15 is 0 Å². The van der Waals surface area contributed by atoms with Gasteiger partial charge in [-0.25, -0.2) is 13.4 Å². The highest BCUT2D eigenvalue weighted by atomic mass is 32.2. The van der Waals surface area contributed by atoms with Gasteiger partial charge in [-0.05, 0) is 49.6 Å². The monoisotopic (exact) mass is 408 g/mol. The third kappa shape index (κ3) is 4.31. The van der Waals surface area contributed by atoms with Crippen LogP contribution in [0.1, 0.15) is 35.7 Å². The highest BCUT2D eigenvalue weighted by Gasteiger charge is 2.27. The zero-order valence-corrected chi connectivity index (χ0v) is 17.1. The fraction of sp³-hybridized carbons (Fsp3) is 0.273. The molecule has 2 aromatic heterocycles. The van der Waals surface area contributed by atoms with Crippen molar-refractivity contribution in [3.05, 3.63) is 83.8 Å². The lowest BCUT2D eigenvalue weighted by Gasteiger charge is -2.20. The maximum absolute atomic E-state index is 12.7. The first-order valence-corrected chi connectivity index (χ1v) is 11.2. The average Bonchev–Trinajstić information content (AvgIpc) is 3.29. The van der Waals surface area contributed by atoms with Crippen LogP contribution in [0.2, 0.25) is 0 Å². The lowest BCUT2D eigenvalue weighted by Crippen LogP contribution is -2.28. The van der Waals surface area contributed by atoms with Crippen molar-refractivity contribution in [1.82, 2.24) is 14.3 Å². The van der Waals surface area contributed by atoms with Gasteiger partial charge in [0.25, 0.3) is 0 Å².